The van der Waals surface area contributed by atoms with E-state index in [1.54, 1.807) is 18.2 Å². The van der Waals surface area contributed by atoms with Gasteiger partial charge in [0, 0.05) is 30.2 Å². The molecule has 7 heteroatoms. The van der Waals surface area contributed by atoms with Crippen LogP contribution in [0.3, 0.4) is 0 Å². The number of carbonyl (C=O) groups is 1. The lowest BCUT2D eigenvalue weighted by Gasteiger charge is -2.27. The molecular formula is C22H22FN3O3. The van der Waals surface area contributed by atoms with E-state index in [1.165, 1.54) is 12.1 Å². The number of nitrogens with zero attached hydrogens (tertiary/aromatic N) is 3. The Kier molecular flexibility index (Phi) is 4.66. The number of likely N-dealkylation sites (tertiary alicyclic amines) is 1. The van der Waals surface area contributed by atoms with E-state index >= 15 is 0 Å². The predicted octanol–water partition coefficient (Wildman–Crippen LogP) is 5.10. The Morgan fingerprint density at radius 3 is 2.55 bits per heavy atom. The van der Waals surface area contributed by atoms with Crippen LogP contribution in [0.15, 0.2) is 45.4 Å². The highest BCUT2D eigenvalue weighted by atomic mass is 19.1. The summed E-state index contributed by atoms with van der Waals surface area (Å²) in [6.45, 7) is 0.641. The van der Waals surface area contributed by atoms with Crippen LogP contribution in [0.25, 0.3) is 11.3 Å². The molecule has 6 nitrogen and oxygen atoms in total. The molecule has 150 valence electrons. The van der Waals surface area contributed by atoms with Gasteiger partial charge in [-0.25, -0.2) is 4.39 Å². The Hall–Kier alpha value is -2.96. The number of benzene rings is 1. The quantitative estimate of drug-likeness (QED) is 0.614. The number of hydrogen-bond acceptors (Lipinski definition) is 5. The Morgan fingerprint density at radius 2 is 1.76 bits per heavy atom. The third kappa shape index (κ3) is 3.69. The van der Waals surface area contributed by atoms with Crippen molar-refractivity contribution in [1.29, 1.82) is 0 Å². The van der Waals surface area contributed by atoms with Gasteiger partial charge in [0.15, 0.2) is 11.5 Å². The zero-order chi connectivity index (χ0) is 19.8. The van der Waals surface area contributed by atoms with E-state index in [2.05, 4.69) is 10.3 Å². The lowest BCUT2D eigenvalue weighted by molar-refractivity contribution is 0.0640. The molecule has 1 amide bonds. The van der Waals surface area contributed by atoms with E-state index in [9.17, 15) is 9.18 Å². The second kappa shape index (κ2) is 7.46. The highest BCUT2D eigenvalue weighted by molar-refractivity contribution is 5.92. The van der Waals surface area contributed by atoms with E-state index in [4.69, 9.17) is 9.05 Å². The van der Waals surface area contributed by atoms with Crippen molar-refractivity contribution in [2.75, 3.05) is 6.54 Å². The molecule has 0 N–H and O–H groups in total. The van der Waals surface area contributed by atoms with Gasteiger partial charge >= 0.3 is 0 Å². The number of halogens is 1. The fraction of sp³-hybridized carbons (Fsp3) is 0.409. The van der Waals surface area contributed by atoms with Crippen molar-refractivity contribution in [3.8, 4) is 11.3 Å². The normalized spacial score (nSPS) is 19.9. The Bertz CT molecular complexity index is 1010. The molecule has 1 saturated heterocycles. The van der Waals surface area contributed by atoms with Crippen molar-refractivity contribution in [3.63, 3.8) is 0 Å². The lowest BCUT2D eigenvalue weighted by atomic mass is 10.1. The SMILES string of the molecule is O=C(c1cc(C2CC2)on1)N1CCCCC[C@@H]1c1cc(-c2ccc(F)cc2)no1. The standard InChI is InChI=1S/C22H22FN3O3/c23-16-9-7-14(8-10-16)17-12-21(29-24-17)19-4-2-1-3-11-26(19)22(27)18-13-20(28-25-18)15-5-6-15/h7-10,12-13,15,19H,1-6,11H2/t19-/m1/s1. The highest BCUT2D eigenvalue weighted by Gasteiger charge is 2.34. The first-order chi connectivity index (χ1) is 14.2. The van der Waals surface area contributed by atoms with Gasteiger partial charge in [-0.3, -0.25) is 4.79 Å². The van der Waals surface area contributed by atoms with E-state index in [-0.39, 0.29) is 17.8 Å². The van der Waals surface area contributed by atoms with Crippen LogP contribution in [-0.2, 0) is 0 Å². The monoisotopic (exact) mass is 395 g/mol. The molecule has 2 fully saturated rings. The first-order valence-electron chi connectivity index (χ1n) is 10.2. The molecule has 1 aromatic carbocycles. The zero-order valence-corrected chi connectivity index (χ0v) is 16.0. The number of hydrogen-bond donors (Lipinski definition) is 0. The van der Waals surface area contributed by atoms with E-state index in [0.717, 1.165) is 49.8 Å². The average Bonchev–Trinajstić information content (AvgIpc) is 3.35. The number of amides is 1. The van der Waals surface area contributed by atoms with Gasteiger partial charge < -0.3 is 13.9 Å². The van der Waals surface area contributed by atoms with Crippen LogP contribution in [0.1, 0.15) is 72.5 Å². The summed E-state index contributed by atoms with van der Waals surface area (Å²) in [5, 5.41) is 8.18. The van der Waals surface area contributed by atoms with Crippen LogP contribution in [0.4, 0.5) is 4.39 Å². The summed E-state index contributed by atoms with van der Waals surface area (Å²) >= 11 is 0. The van der Waals surface area contributed by atoms with Gasteiger partial charge in [-0.05, 0) is 49.9 Å². The van der Waals surface area contributed by atoms with E-state index in [1.807, 2.05) is 11.0 Å². The molecular weight excluding hydrogens is 373 g/mol. The smallest absolute Gasteiger partial charge is 0.276 e. The fourth-order valence-electron chi connectivity index (χ4n) is 3.95. The van der Waals surface area contributed by atoms with Crippen molar-refractivity contribution in [1.82, 2.24) is 15.2 Å². The van der Waals surface area contributed by atoms with Crippen LogP contribution in [0, 0.1) is 5.82 Å². The van der Waals surface area contributed by atoms with Gasteiger partial charge in [-0.15, -0.1) is 0 Å². The molecule has 0 spiro atoms. The second-order valence-corrected chi connectivity index (χ2v) is 7.87. The molecule has 1 aliphatic heterocycles. The maximum Gasteiger partial charge on any atom is 0.276 e. The van der Waals surface area contributed by atoms with Crippen LogP contribution in [-0.4, -0.2) is 27.7 Å². The molecule has 3 aromatic rings. The molecule has 2 aliphatic rings. The van der Waals surface area contributed by atoms with Gasteiger partial charge in [0.2, 0.25) is 0 Å². The molecule has 1 atom stereocenters. The zero-order valence-electron chi connectivity index (χ0n) is 16.0. The summed E-state index contributed by atoms with van der Waals surface area (Å²) in [7, 11) is 0. The van der Waals surface area contributed by atoms with Crippen LogP contribution >= 0.6 is 0 Å². The van der Waals surface area contributed by atoms with Gasteiger partial charge in [-0.2, -0.15) is 0 Å². The van der Waals surface area contributed by atoms with Crippen molar-refractivity contribution < 1.29 is 18.2 Å². The Labute approximate surface area is 167 Å². The minimum Gasteiger partial charge on any atom is -0.360 e. The molecule has 29 heavy (non-hydrogen) atoms. The van der Waals surface area contributed by atoms with Gasteiger partial charge in [-0.1, -0.05) is 23.2 Å². The summed E-state index contributed by atoms with van der Waals surface area (Å²) in [5.41, 5.74) is 1.77. The Balaban J connectivity index is 1.41. The van der Waals surface area contributed by atoms with E-state index in [0.29, 0.717) is 29.6 Å². The highest BCUT2D eigenvalue weighted by Crippen LogP contribution is 2.40. The van der Waals surface area contributed by atoms with Gasteiger partial charge in [0.25, 0.3) is 5.91 Å². The Morgan fingerprint density at radius 1 is 0.966 bits per heavy atom. The summed E-state index contributed by atoms with van der Waals surface area (Å²) in [4.78, 5) is 15.0. The topological polar surface area (TPSA) is 72.4 Å². The molecule has 3 heterocycles. The number of carbonyl (C=O) groups excluding carboxylic acids is 1. The molecule has 0 unspecified atom stereocenters. The van der Waals surface area contributed by atoms with Crippen LogP contribution < -0.4 is 0 Å². The summed E-state index contributed by atoms with van der Waals surface area (Å²) < 4.78 is 24.2. The fourth-order valence-corrected chi connectivity index (χ4v) is 3.95. The number of rotatable bonds is 4. The lowest BCUT2D eigenvalue weighted by Crippen LogP contribution is -2.34. The number of aromatic nitrogens is 2. The van der Waals surface area contributed by atoms with Gasteiger partial charge in [0.1, 0.15) is 17.3 Å². The molecule has 0 bridgehead atoms. The average molecular weight is 395 g/mol. The first kappa shape index (κ1) is 18.1. The summed E-state index contributed by atoms with van der Waals surface area (Å²) in [5.74, 6) is 1.43. The van der Waals surface area contributed by atoms with Crippen molar-refractivity contribution >= 4 is 5.91 Å². The summed E-state index contributed by atoms with van der Waals surface area (Å²) in [6, 6.07) is 9.56. The third-order valence-electron chi connectivity index (χ3n) is 5.74. The maximum atomic E-state index is 13.2. The molecule has 2 aromatic heterocycles. The van der Waals surface area contributed by atoms with Crippen LogP contribution in [0.5, 0.6) is 0 Å². The maximum absolute atomic E-state index is 13.2. The van der Waals surface area contributed by atoms with Crippen LogP contribution in [0.2, 0.25) is 0 Å². The van der Waals surface area contributed by atoms with Crippen molar-refractivity contribution in [2.45, 2.75) is 50.5 Å². The third-order valence-corrected chi connectivity index (χ3v) is 5.74. The molecule has 5 rings (SSSR count). The first-order valence-corrected chi connectivity index (χ1v) is 10.2. The predicted molar refractivity (Wildman–Crippen MR) is 103 cm³/mol. The van der Waals surface area contributed by atoms with Gasteiger partial charge in [0.05, 0.1) is 6.04 Å². The largest absolute Gasteiger partial charge is 0.360 e. The van der Waals surface area contributed by atoms with Crippen molar-refractivity contribution in [3.05, 3.63) is 59.4 Å². The van der Waals surface area contributed by atoms with E-state index < -0.39 is 0 Å². The molecule has 1 aliphatic carbocycles. The molecule has 0 radical (unpaired) electrons. The second-order valence-electron chi connectivity index (χ2n) is 7.87. The minimum absolute atomic E-state index is 0.132. The minimum atomic E-state index is -0.295. The van der Waals surface area contributed by atoms with Crippen molar-refractivity contribution in [2.24, 2.45) is 0 Å². The summed E-state index contributed by atoms with van der Waals surface area (Å²) in [6.07, 6.45) is 6.00. The molecule has 1 saturated carbocycles.